The molecule has 108 valence electrons. The van der Waals surface area contributed by atoms with Gasteiger partial charge in [0.15, 0.2) is 0 Å². The van der Waals surface area contributed by atoms with E-state index in [1.807, 2.05) is 32.0 Å². The topological polar surface area (TPSA) is 59.9 Å². The lowest BCUT2D eigenvalue weighted by molar-refractivity contribution is -0.134. The molecule has 1 aromatic carbocycles. The molecule has 20 heavy (non-hydrogen) atoms. The predicted molar refractivity (Wildman–Crippen MR) is 78.4 cm³/mol. The number of anilines is 1. The zero-order valence-electron chi connectivity index (χ0n) is 11.7. The summed E-state index contributed by atoms with van der Waals surface area (Å²) in [6, 6.07) is 5.63. The number of carbonyl (C=O) groups excluding carboxylic acids is 1. The largest absolute Gasteiger partial charge is 0.487 e. The van der Waals surface area contributed by atoms with E-state index in [-0.39, 0.29) is 17.4 Å². The summed E-state index contributed by atoms with van der Waals surface area (Å²) in [5.74, 6) is 0.230. The number of fused-ring (bicyclic) bond motifs is 1. The molecule has 1 aliphatic rings. The van der Waals surface area contributed by atoms with Gasteiger partial charge in [-0.05, 0) is 39.0 Å². The Bertz CT molecular complexity index is 555. The Labute approximate surface area is 122 Å². The van der Waals surface area contributed by atoms with E-state index in [1.54, 1.807) is 6.92 Å². The van der Waals surface area contributed by atoms with E-state index >= 15 is 0 Å². The summed E-state index contributed by atoms with van der Waals surface area (Å²) in [6.07, 6.45) is 0.827. The maximum Gasteiger partial charge on any atom is 0.370 e. The summed E-state index contributed by atoms with van der Waals surface area (Å²) < 4.78 is 10.5. The number of hydrogen-bond acceptors (Lipinski definition) is 5. The van der Waals surface area contributed by atoms with Gasteiger partial charge in [0.2, 0.25) is 5.17 Å². The van der Waals surface area contributed by atoms with Crippen LogP contribution in [0, 0.1) is 0 Å². The number of hydrazone groups is 1. The first kappa shape index (κ1) is 14.7. The van der Waals surface area contributed by atoms with Crippen molar-refractivity contribution in [2.45, 2.75) is 32.8 Å². The maximum absolute atomic E-state index is 11.3. The number of carbonyl (C=O) groups is 1. The summed E-state index contributed by atoms with van der Waals surface area (Å²) in [5.41, 5.74) is 4.40. The van der Waals surface area contributed by atoms with Crippen LogP contribution in [0.5, 0.6) is 5.75 Å². The zero-order valence-corrected chi connectivity index (χ0v) is 12.5. The number of benzene rings is 1. The Morgan fingerprint density at radius 3 is 3.00 bits per heavy atom. The third-order valence-electron chi connectivity index (χ3n) is 2.79. The van der Waals surface area contributed by atoms with Crippen molar-refractivity contribution in [2.24, 2.45) is 5.10 Å². The molecule has 0 aromatic heterocycles. The molecule has 6 heteroatoms. The summed E-state index contributed by atoms with van der Waals surface area (Å²) in [6.45, 7) is 6.04. The Morgan fingerprint density at radius 2 is 2.30 bits per heavy atom. The highest BCUT2D eigenvalue weighted by molar-refractivity contribution is 6.82. The highest BCUT2D eigenvalue weighted by atomic mass is 35.5. The first-order chi connectivity index (χ1) is 9.41. The molecule has 0 atom stereocenters. The molecule has 0 saturated carbocycles. The molecule has 0 unspecified atom stereocenters. The number of esters is 1. The summed E-state index contributed by atoms with van der Waals surface area (Å²) >= 11 is 5.71. The summed E-state index contributed by atoms with van der Waals surface area (Å²) in [4.78, 5) is 11.3. The fraction of sp³-hybridized carbons (Fsp3) is 0.429. The normalized spacial score (nSPS) is 16.3. The van der Waals surface area contributed by atoms with Gasteiger partial charge >= 0.3 is 5.97 Å². The van der Waals surface area contributed by atoms with E-state index in [2.05, 4.69) is 10.5 Å². The summed E-state index contributed by atoms with van der Waals surface area (Å²) in [5, 5.41) is 3.56. The Hall–Kier alpha value is -1.75. The van der Waals surface area contributed by atoms with Crippen LogP contribution in [0.1, 0.15) is 26.3 Å². The molecule has 0 amide bonds. The summed E-state index contributed by atoms with van der Waals surface area (Å²) in [7, 11) is 0. The molecule has 1 aromatic rings. The number of hydrogen-bond donors (Lipinski definition) is 1. The lowest BCUT2D eigenvalue weighted by Crippen LogP contribution is -2.24. The third-order valence-corrected chi connectivity index (χ3v) is 3.03. The van der Waals surface area contributed by atoms with Crippen LogP contribution < -0.4 is 10.2 Å². The van der Waals surface area contributed by atoms with Gasteiger partial charge < -0.3 is 9.47 Å². The molecule has 0 radical (unpaired) electrons. The number of nitrogens with zero attached hydrogens (tertiary/aromatic N) is 1. The standard InChI is InChI=1S/C14H17ClN2O3/c1-4-19-13(18)12(15)17-16-10-5-6-11-9(7-10)8-14(2,3)20-11/h5-7,16H,4,8H2,1-3H3. The lowest BCUT2D eigenvalue weighted by atomic mass is 10.0. The van der Waals surface area contributed by atoms with Crippen LogP contribution >= 0.6 is 11.6 Å². The van der Waals surface area contributed by atoms with Crippen molar-refractivity contribution >= 4 is 28.4 Å². The highest BCUT2D eigenvalue weighted by Gasteiger charge is 2.29. The van der Waals surface area contributed by atoms with E-state index in [0.717, 1.165) is 23.4 Å². The highest BCUT2D eigenvalue weighted by Crippen LogP contribution is 2.36. The molecule has 1 N–H and O–H groups in total. The first-order valence-corrected chi connectivity index (χ1v) is 6.77. The van der Waals surface area contributed by atoms with Crippen molar-refractivity contribution in [1.82, 2.24) is 0 Å². The second-order valence-corrected chi connectivity index (χ2v) is 5.45. The van der Waals surface area contributed by atoms with Gasteiger partial charge in [-0.3, -0.25) is 5.43 Å². The Balaban J connectivity index is 2.06. The molecule has 1 heterocycles. The van der Waals surface area contributed by atoms with Crippen LogP contribution in [0.25, 0.3) is 0 Å². The van der Waals surface area contributed by atoms with Crippen molar-refractivity contribution < 1.29 is 14.3 Å². The van der Waals surface area contributed by atoms with Gasteiger partial charge in [-0.1, -0.05) is 11.6 Å². The average molecular weight is 297 g/mol. The van der Waals surface area contributed by atoms with Crippen molar-refractivity contribution in [3.8, 4) is 5.75 Å². The minimum absolute atomic E-state index is 0.188. The van der Waals surface area contributed by atoms with Gasteiger partial charge in [0, 0.05) is 12.0 Å². The van der Waals surface area contributed by atoms with E-state index in [4.69, 9.17) is 21.1 Å². The Morgan fingerprint density at radius 1 is 1.55 bits per heavy atom. The molecule has 0 aliphatic carbocycles. The van der Waals surface area contributed by atoms with Crippen molar-refractivity contribution in [1.29, 1.82) is 0 Å². The smallest absolute Gasteiger partial charge is 0.370 e. The van der Waals surface area contributed by atoms with Crippen molar-refractivity contribution in [3.63, 3.8) is 0 Å². The number of rotatable bonds is 4. The van der Waals surface area contributed by atoms with Crippen LogP contribution in [0.15, 0.2) is 23.3 Å². The maximum atomic E-state index is 11.3. The minimum Gasteiger partial charge on any atom is -0.487 e. The first-order valence-electron chi connectivity index (χ1n) is 6.39. The van der Waals surface area contributed by atoms with E-state index in [9.17, 15) is 4.79 Å². The monoisotopic (exact) mass is 296 g/mol. The van der Waals surface area contributed by atoms with Gasteiger partial charge in [-0.15, -0.1) is 0 Å². The SMILES string of the molecule is CCOC(=O)C(Cl)=NNc1ccc2c(c1)CC(C)(C)O2. The zero-order chi connectivity index (χ0) is 14.8. The van der Waals surface area contributed by atoms with Gasteiger partial charge in [-0.2, -0.15) is 5.10 Å². The Kier molecular flexibility index (Phi) is 4.18. The fourth-order valence-corrected chi connectivity index (χ4v) is 2.13. The molecule has 0 saturated heterocycles. The molecule has 0 spiro atoms. The van der Waals surface area contributed by atoms with Crippen molar-refractivity contribution in [2.75, 3.05) is 12.0 Å². The van der Waals surface area contributed by atoms with Gasteiger partial charge in [0.05, 0.1) is 12.3 Å². The second-order valence-electron chi connectivity index (χ2n) is 5.10. The van der Waals surface area contributed by atoms with Crippen LogP contribution in [0.3, 0.4) is 0 Å². The molecular formula is C14H17ClN2O3. The second kappa shape index (κ2) is 5.71. The van der Waals surface area contributed by atoms with Gasteiger partial charge in [-0.25, -0.2) is 4.79 Å². The molecule has 1 aliphatic heterocycles. The molecule has 5 nitrogen and oxygen atoms in total. The van der Waals surface area contributed by atoms with Gasteiger partial charge in [0.25, 0.3) is 0 Å². The van der Waals surface area contributed by atoms with Crippen molar-refractivity contribution in [3.05, 3.63) is 23.8 Å². The average Bonchev–Trinajstić information content (AvgIpc) is 2.69. The van der Waals surface area contributed by atoms with Crippen LogP contribution in [-0.4, -0.2) is 23.3 Å². The van der Waals surface area contributed by atoms with Crippen LogP contribution in [0.2, 0.25) is 0 Å². The molecule has 0 fully saturated rings. The molecule has 2 rings (SSSR count). The number of ether oxygens (including phenoxy) is 2. The van der Waals surface area contributed by atoms with E-state index < -0.39 is 5.97 Å². The predicted octanol–water partition coefficient (Wildman–Crippen LogP) is 2.93. The van der Waals surface area contributed by atoms with E-state index in [0.29, 0.717) is 0 Å². The number of nitrogens with one attached hydrogen (secondary N) is 1. The molecular weight excluding hydrogens is 280 g/mol. The van der Waals surface area contributed by atoms with Crippen LogP contribution in [-0.2, 0) is 16.0 Å². The third kappa shape index (κ3) is 3.42. The fourth-order valence-electron chi connectivity index (χ4n) is 2.03. The lowest BCUT2D eigenvalue weighted by Gasteiger charge is -2.16. The van der Waals surface area contributed by atoms with Crippen LogP contribution in [0.4, 0.5) is 5.69 Å². The van der Waals surface area contributed by atoms with E-state index in [1.165, 1.54) is 0 Å². The quantitative estimate of drug-likeness (QED) is 0.527. The molecule has 0 bridgehead atoms. The van der Waals surface area contributed by atoms with Gasteiger partial charge in [0.1, 0.15) is 11.4 Å². The number of halogens is 1. The minimum atomic E-state index is -0.646.